The molecule has 3 aromatic rings. The summed E-state index contributed by atoms with van der Waals surface area (Å²) in [6, 6.07) is 14.1. The average molecular weight is 453 g/mol. The van der Waals surface area contributed by atoms with Crippen LogP contribution in [-0.4, -0.2) is 64.7 Å². The van der Waals surface area contributed by atoms with Crippen molar-refractivity contribution in [2.24, 2.45) is 0 Å². The van der Waals surface area contributed by atoms with E-state index in [1.165, 1.54) is 12.1 Å². The highest BCUT2D eigenvalue weighted by Gasteiger charge is 2.20. The van der Waals surface area contributed by atoms with Crippen molar-refractivity contribution in [3.63, 3.8) is 0 Å². The number of fused-ring (bicyclic) bond motifs is 1. The highest BCUT2D eigenvalue weighted by Crippen LogP contribution is 2.43. The summed E-state index contributed by atoms with van der Waals surface area (Å²) in [7, 11) is 4.74. The van der Waals surface area contributed by atoms with Crippen LogP contribution in [0, 0.1) is 5.82 Å². The van der Waals surface area contributed by atoms with Gasteiger partial charge in [-0.15, -0.1) is 0 Å². The number of benzene rings is 3. The van der Waals surface area contributed by atoms with E-state index in [1.807, 2.05) is 36.4 Å². The molecule has 4 rings (SSSR count). The molecule has 0 aliphatic carbocycles. The van der Waals surface area contributed by atoms with Crippen LogP contribution in [0.25, 0.3) is 10.8 Å². The maximum Gasteiger partial charge on any atom is 0.203 e. The Labute approximate surface area is 193 Å². The summed E-state index contributed by atoms with van der Waals surface area (Å²) in [5.74, 6) is 1.56. The Kier molecular flexibility index (Phi) is 6.99. The van der Waals surface area contributed by atoms with Gasteiger partial charge in [0, 0.05) is 55.8 Å². The second-order valence-corrected chi connectivity index (χ2v) is 8.06. The van der Waals surface area contributed by atoms with Crippen LogP contribution in [0.2, 0.25) is 0 Å². The van der Waals surface area contributed by atoms with E-state index in [9.17, 15) is 9.18 Å². The molecular weight excluding hydrogens is 423 g/mol. The van der Waals surface area contributed by atoms with E-state index in [4.69, 9.17) is 14.2 Å². The van der Waals surface area contributed by atoms with Crippen molar-refractivity contribution in [1.29, 1.82) is 0 Å². The van der Waals surface area contributed by atoms with Crippen molar-refractivity contribution in [3.05, 3.63) is 59.9 Å². The van der Waals surface area contributed by atoms with Gasteiger partial charge in [-0.1, -0.05) is 6.07 Å². The molecule has 1 aliphatic rings. The largest absolute Gasteiger partial charge is 0.493 e. The number of nitrogens with zero attached hydrogens (tertiary/aromatic N) is 2. The van der Waals surface area contributed by atoms with Crippen LogP contribution >= 0.6 is 0 Å². The summed E-state index contributed by atoms with van der Waals surface area (Å²) in [6.45, 7) is 4.17. The van der Waals surface area contributed by atoms with E-state index in [0.29, 0.717) is 35.8 Å². The fraction of sp³-hybridized carbons (Fsp3) is 0.346. The molecule has 0 spiro atoms. The van der Waals surface area contributed by atoms with E-state index < -0.39 is 0 Å². The lowest BCUT2D eigenvalue weighted by molar-refractivity contribution is 0.0962. The first-order chi connectivity index (χ1) is 16.0. The third kappa shape index (κ3) is 4.88. The van der Waals surface area contributed by atoms with Gasteiger partial charge in [0.05, 0.1) is 21.3 Å². The summed E-state index contributed by atoms with van der Waals surface area (Å²) in [5, 5.41) is 1.73. The molecule has 0 amide bonds. The van der Waals surface area contributed by atoms with Crippen molar-refractivity contribution in [1.82, 2.24) is 4.90 Å². The second-order valence-electron chi connectivity index (χ2n) is 8.06. The Morgan fingerprint density at radius 2 is 1.58 bits per heavy atom. The first-order valence-electron chi connectivity index (χ1n) is 11.0. The number of Topliss-reactive ketones (excluding diaryl/α,β-unsaturated/α-hetero) is 1. The van der Waals surface area contributed by atoms with Crippen LogP contribution in [0.1, 0.15) is 16.8 Å². The minimum Gasteiger partial charge on any atom is -0.493 e. The molecule has 7 heteroatoms. The zero-order chi connectivity index (χ0) is 23.4. The number of anilines is 1. The first kappa shape index (κ1) is 22.9. The third-order valence-corrected chi connectivity index (χ3v) is 6.18. The van der Waals surface area contributed by atoms with E-state index in [0.717, 1.165) is 42.6 Å². The fourth-order valence-electron chi connectivity index (χ4n) is 4.34. The Balaban J connectivity index is 1.39. The minimum absolute atomic E-state index is 0.103. The van der Waals surface area contributed by atoms with Gasteiger partial charge in [0.2, 0.25) is 5.75 Å². The van der Waals surface area contributed by atoms with Crippen LogP contribution in [0.3, 0.4) is 0 Å². The van der Waals surface area contributed by atoms with Crippen molar-refractivity contribution < 1.29 is 23.4 Å². The smallest absolute Gasteiger partial charge is 0.203 e. The van der Waals surface area contributed by atoms with Crippen LogP contribution < -0.4 is 19.1 Å². The monoisotopic (exact) mass is 452 g/mol. The molecular formula is C26H29FN2O4. The summed E-state index contributed by atoms with van der Waals surface area (Å²) in [5.41, 5.74) is 1.70. The van der Waals surface area contributed by atoms with Gasteiger partial charge in [-0.2, -0.15) is 0 Å². The predicted octanol–water partition coefficient (Wildman–Crippen LogP) is 4.40. The van der Waals surface area contributed by atoms with Gasteiger partial charge < -0.3 is 19.1 Å². The average Bonchev–Trinajstić information content (AvgIpc) is 2.86. The molecule has 174 valence electrons. The number of ketones is 1. The Bertz CT molecular complexity index is 1130. The first-order valence-corrected chi connectivity index (χ1v) is 11.0. The lowest BCUT2D eigenvalue weighted by Crippen LogP contribution is -2.46. The second kappa shape index (κ2) is 10.1. The summed E-state index contributed by atoms with van der Waals surface area (Å²) < 4.78 is 29.6. The maximum absolute atomic E-state index is 13.2. The molecule has 3 aromatic carbocycles. The minimum atomic E-state index is -0.222. The molecule has 0 radical (unpaired) electrons. The zero-order valence-electron chi connectivity index (χ0n) is 19.3. The van der Waals surface area contributed by atoms with Gasteiger partial charge in [-0.05, 0) is 47.9 Å². The Hall–Kier alpha value is -3.32. The number of hydrogen-bond donors (Lipinski definition) is 0. The van der Waals surface area contributed by atoms with E-state index >= 15 is 0 Å². The predicted molar refractivity (Wildman–Crippen MR) is 128 cm³/mol. The van der Waals surface area contributed by atoms with E-state index in [1.54, 1.807) is 21.3 Å². The van der Waals surface area contributed by atoms with E-state index in [2.05, 4.69) is 9.80 Å². The summed E-state index contributed by atoms with van der Waals surface area (Å²) in [6.07, 6.45) is 0.451. The van der Waals surface area contributed by atoms with Gasteiger partial charge >= 0.3 is 0 Å². The summed E-state index contributed by atoms with van der Waals surface area (Å²) >= 11 is 0. The number of hydrogen-bond acceptors (Lipinski definition) is 6. The highest BCUT2D eigenvalue weighted by molar-refractivity contribution is 6.02. The van der Waals surface area contributed by atoms with Gasteiger partial charge in [-0.3, -0.25) is 9.69 Å². The molecule has 33 heavy (non-hydrogen) atoms. The molecule has 6 nitrogen and oxygen atoms in total. The van der Waals surface area contributed by atoms with Gasteiger partial charge in [0.15, 0.2) is 17.3 Å². The zero-order valence-corrected chi connectivity index (χ0v) is 19.3. The quantitative estimate of drug-likeness (QED) is 0.472. The topological polar surface area (TPSA) is 51.2 Å². The van der Waals surface area contributed by atoms with Crippen molar-refractivity contribution in [2.45, 2.75) is 6.42 Å². The normalized spacial score (nSPS) is 14.4. The lowest BCUT2D eigenvalue weighted by Gasteiger charge is -2.36. The number of rotatable bonds is 8. The third-order valence-electron chi connectivity index (χ3n) is 6.18. The number of piperazine rings is 1. The molecule has 0 unspecified atom stereocenters. The number of ether oxygens (including phenoxy) is 3. The molecule has 0 N–H and O–H groups in total. The van der Waals surface area contributed by atoms with Crippen molar-refractivity contribution >= 4 is 22.2 Å². The maximum atomic E-state index is 13.2. The van der Waals surface area contributed by atoms with Crippen LogP contribution in [0.5, 0.6) is 17.2 Å². The number of carbonyl (C=O) groups excluding carboxylic acids is 1. The molecule has 1 heterocycles. The molecule has 1 fully saturated rings. The van der Waals surface area contributed by atoms with Crippen LogP contribution in [0.4, 0.5) is 10.1 Å². The summed E-state index contributed by atoms with van der Waals surface area (Å²) in [4.78, 5) is 17.5. The number of carbonyl (C=O) groups is 1. The van der Waals surface area contributed by atoms with Gasteiger partial charge in [-0.25, -0.2) is 4.39 Å². The SMILES string of the molecule is COc1cc2cc(C(=O)CCN3CCN(c4ccc(F)cc4)CC3)ccc2c(OC)c1OC. The number of methoxy groups -OCH3 is 3. The van der Waals surface area contributed by atoms with E-state index in [-0.39, 0.29) is 11.6 Å². The lowest BCUT2D eigenvalue weighted by atomic mass is 10.0. The van der Waals surface area contributed by atoms with Gasteiger partial charge in [0.25, 0.3) is 0 Å². The fourth-order valence-corrected chi connectivity index (χ4v) is 4.34. The molecule has 0 atom stereocenters. The molecule has 0 aromatic heterocycles. The molecule has 0 saturated carbocycles. The molecule has 0 bridgehead atoms. The van der Waals surface area contributed by atoms with Crippen LogP contribution in [0.15, 0.2) is 48.5 Å². The Morgan fingerprint density at radius 3 is 2.21 bits per heavy atom. The van der Waals surface area contributed by atoms with Crippen molar-refractivity contribution in [3.8, 4) is 17.2 Å². The standard InChI is InChI=1S/C26H29FN2O4/c1-31-24-17-19-16-18(4-9-22(19)25(32-2)26(24)33-3)23(30)10-11-28-12-14-29(15-13-28)21-7-5-20(27)6-8-21/h4-9,16-17H,10-15H2,1-3H3. The van der Waals surface area contributed by atoms with Crippen LogP contribution in [-0.2, 0) is 0 Å². The van der Waals surface area contributed by atoms with Crippen molar-refractivity contribution in [2.75, 3.05) is 59.0 Å². The molecule has 1 saturated heterocycles. The highest BCUT2D eigenvalue weighted by atomic mass is 19.1. The molecule has 1 aliphatic heterocycles. The van der Waals surface area contributed by atoms with Gasteiger partial charge in [0.1, 0.15) is 5.82 Å². The number of halogens is 1. The Morgan fingerprint density at radius 1 is 0.879 bits per heavy atom.